The number of rotatable bonds is 3. The van der Waals surface area contributed by atoms with Crippen molar-refractivity contribution in [3.63, 3.8) is 0 Å². The van der Waals surface area contributed by atoms with Gasteiger partial charge in [-0.05, 0) is 13.8 Å². The van der Waals surface area contributed by atoms with Crippen molar-refractivity contribution >= 4 is 11.6 Å². The van der Waals surface area contributed by atoms with Crippen molar-refractivity contribution in [1.29, 1.82) is 0 Å². The fraction of sp³-hybridized carbons (Fsp3) is 0.400. The van der Waals surface area contributed by atoms with Crippen LogP contribution in [0, 0.1) is 11.8 Å². The van der Waals surface area contributed by atoms with Crippen LogP contribution in [0.5, 0.6) is 0 Å². The predicted octanol–water partition coefficient (Wildman–Crippen LogP) is 0.238. The second-order valence-corrected chi connectivity index (χ2v) is 2.87. The number of nitrogens with one attached hydrogen (secondary N) is 1. The van der Waals surface area contributed by atoms with Gasteiger partial charge in [-0.2, -0.15) is 5.10 Å². The van der Waals surface area contributed by atoms with Gasteiger partial charge >= 0.3 is 0 Å². The lowest BCUT2D eigenvalue weighted by atomic mass is 10.3. The second kappa shape index (κ2) is 5.05. The Kier molecular flexibility index (Phi) is 3.75. The molecule has 1 aromatic heterocycles. The molecule has 0 aliphatic heterocycles. The van der Waals surface area contributed by atoms with Crippen LogP contribution in [-0.2, 0) is 6.54 Å². The van der Waals surface area contributed by atoms with Gasteiger partial charge < -0.3 is 11.1 Å². The molecule has 5 heteroatoms. The summed E-state index contributed by atoms with van der Waals surface area (Å²) in [5.74, 6) is 5.20. The summed E-state index contributed by atoms with van der Waals surface area (Å²) in [5, 5.41) is 6.63. The van der Waals surface area contributed by atoms with E-state index in [1.165, 1.54) is 6.20 Å². The molecule has 0 aromatic carbocycles. The molecule has 0 atom stereocenters. The summed E-state index contributed by atoms with van der Waals surface area (Å²) in [4.78, 5) is 11.7. The molecule has 15 heavy (non-hydrogen) atoms. The second-order valence-electron chi connectivity index (χ2n) is 2.87. The van der Waals surface area contributed by atoms with E-state index in [-0.39, 0.29) is 5.91 Å². The molecule has 0 aliphatic rings. The summed E-state index contributed by atoms with van der Waals surface area (Å²) in [5.41, 5.74) is 6.43. The molecule has 1 rings (SSSR count). The van der Waals surface area contributed by atoms with Crippen LogP contribution in [0.3, 0.4) is 0 Å². The topological polar surface area (TPSA) is 72.9 Å². The Morgan fingerprint density at radius 3 is 3.07 bits per heavy atom. The third-order valence-corrected chi connectivity index (χ3v) is 1.90. The summed E-state index contributed by atoms with van der Waals surface area (Å²) in [7, 11) is 0. The van der Waals surface area contributed by atoms with Crippen LogP contribution in [0.2, 0.25) is 0 Å². The van der Waals surface area contributed by atoms with Crippen LogP contribution in [0.1, 0.15) is 24.3 Å². The van der Waals surface area contributed by atoms with Crippen LogP contribution in [-0.4, -0.2) is 22.2 Å². The van der Waals surface area contributed by atoms with Crippen molar-refractivity contribution < 1.29 is 4.79 Å². The average molecular weight is 206 g/mol. The molecular formula is C10H14N4O. The first kappa shape index (κ1) is 11.1. The Bertz CT molecular complexity index is 411. The van der Waals surface area contributed by atoms with Gasteiger partial charge in [-0.1, -0.05) is 5.92 Å². The number of anilines is 1. The van der Waals surface area contributed by atoms with Gasteiger partial charge in [-0.25, -0.2) is 0 Å². The number of nitrogens with two attached hydrogens (primary N) is 1. The highest BCUT2D eigenvalue weighted by atomic mass is 16.2. The smallest absolute Gasteiger partial charge is 0.272 e. The van der Waals surface area contributed by atoms with Crippen LogP contribution < -0.4 is 11.1 Å². The monoisotopic (exact) mass is 206 g/mol. The van der Waals surface area contributed by atoms with Crippen molar-refractivity contribution in [2.24, 2.45) is 0 Å². The molecule has 0 radical (unpaired) electrons. The molecule has 1 aromatic rings. The van der Waals surface area contributed by atoms with E-state index in [1.54, 1.807) is 11.6 Å². The van der Waals surface area contributed by atoms with Gasteiger partial charge in [-0.3, -0.25) is 9.48 Å². The van der Waals surface area contributed by atoms with Crippen molar-refractivity contribution in [2.45, 2.75) is 20.4 Å². The fourth-order valence-corrected chi connectivity index (χ4v) is 1.18. The summed E-state index contributed by atoms with van der Waals surface area (Å²) < 4.78 is 1.56. The zero-order chi connectivity index (χ0) is 11.3. The number of carbonyl (C=O) groups is 1. The first-order valence-electron chi connectivity index (χ1n) is 4.69. The van der Waals surface area contributed by atoms with Gasteiger partial charge in [0.15, 0.2) is 0 Å². The number of hydrogen-bond donors (Lipinski definition) is 2. The molecule has 3 N–H and O–H groups in total. The third kappa shape index (κ3) is 2.50. The molecule has 1 heterocycles. The molecule has 1 amide bonds. The van der Waals surface area contributed by atoms with E-state index < -0.39 is 0 Å². The summed E-state index contributed by atoms with van der Waals surface area (Å²) in [6.45, 7) is 4.55. The van der Waals surface area contributed by atoms with Gasteiger partial charge in [0, 0.05) is 6.54 Å². The number of carbonyl (C=O) groups excluding carboxylic acids is 1. The van der Waals surface area contributed by atoms with Gasteiger partial charge in [0.2, 0.25) is 0 Å². The number of amides is 1. The van der Waals surface area contributed by atoms with Crippen molar-refractivity contribution in [1.82, 2.24) is 15.1 Å². The Morgan fingerprint density at radius 1 is 1.73 bits per heavy atom. The number of aromatic nitrogens is 2. The first-order chi connectivity index (χ1) is 7.20. The maximum atomic E-state index is 11.7. The van der Waals surface area contributed by atoms with Crippen LogP contribution >= 0.6 is 0 Å². The van der Waals surface area contributed by atoms with Gasteiger partial charge in [-0.15, -0.1) is 5.92 Å². The molecule has 0 fully saturated rings. The lowest BCUT2D eigenvalue weighted by molar-refractivity contribution is 0.0949. The minimum atomic E-state index is -0.241. The molecule has 5 nitrogen and oxygen atoms in total. The zero-order valence-corrected chi connectivity index (χ0v) is 8.87. The summed E-state index contributed by atoms with van der Waals surface area (Å²) in [6, 6.07) is 0. The summed E-state index contributed by atoms with van der Waals surface area (Å²) in [6.07, 6.45) is 1.48. The van der Waals surface area contributed by atoms with E-state index in [2.05, 4.69) is 22.3 Å². The van der Waals surface area contributed by atoms with E-state index >= 15 is 0 Å². The quantitative estimate of drug-likeness (QED) is 0.696. The molecule has 0 saturated carbocycles. The summed E-state index contributed by atoms with van der Waals surface area (Å²) >= 11 is 0. The Labute approximate surface area is 88.6 Å². The maximum Gasteiger partial charge on any atom is 0.272 e. The van der Waals surface area contributed by atoms with E-state index in [1.807, 2.05) is 6.92 Å². The Balaban J connectivity index is 2.79. The highest BCUT2D eigenvalue weighted by Crippen LogP contribution is 2.09. The first-order valence-corrected chi connectivity index (χ1v) is 4.69. The Morgan fingerprint density at radius 2 is 2.47 bits per heavy atom. The molecule has 0 unspecified atom stereocenters. The molecule has 0 spiro atoms. The number of nitrogen functional groups attached to an aromatic ring is 1. The average Bonchev–Trinajstić information content (AvgIpc) is 2.59. The molecule has 0 saturated heterocycles. The van der Waals surface area contributed by atoms with E-state index in [4.69, 9.17) is 5.73 Å². The van der Waals surface area contributed by atoms with Gasteiger partial charge in [0.25, 0.3) is 5.91 Å². The zero-order valence-electron chi connectivity index (χ0n) is 8.87. The molecule has 80 valence electrons. The normalized spacial score (nSPS) is 9.20. The Hall–Kier alpha value is -1.96. The third-order valence-electron chi connectivity index (χ3n) is 1.90. The minimum Gasteiger partial charge on any atom is -0.396 e. The highest BCUT2D eigenvalue weighted by Gasteiger charge is 2.14. The minimum absolute atomic E-state index is 0.241. The van der Waals surface area contributed by atoms with Crippen molar-refractivity contribution in [3.8, 4) is 11.8 Å². The number of aryl methyl sites for hydroxylation is 1. The fourth-order valence-electron chi connectivity index (χ4n) is 1.18. The predicted molar refractivity (Wildman–Crippen MR) is 58.1 cm³/mol. The van der Waals surface area contributed by atoms with Crippen LogP contribution in [0.15, 0.2) is 6.20 Å². The SMILES string of the molecule is CC#CCNC(=O)c1c(N)cnn1CC. The van der Waals surface area contributed by atoms with E-state index in [0.717, 1.165) is 0 Å². The number of hydrogen-bond acceptors (Lipinski definition) is 3. The van der Waals surface area contributed by atoms with E-state index in [0.29, 0.717) is 24.5 Å². The largest absolute Gasteiger partial charge is 0.396 e. The molecule has 0 aliphatic carbocycles. The molecule has 0 bridgehead atoms. The van der Waals surface area contributed by atoms with Gasteiger partial charge in [0.05, 0.1) is 18.4 Å². The standard InChI is InChI=1S/C10H14N4O/c1-3-5-6-12-10(15)9-8(11)7-13-14(9)4-2/h7H,4,6,11H2,1-2H3,(H,12,15). The molecular weight excluding hydrogens is 192 g/mol. The van der Waals surface area contributed by atoms with E-state index in [9.17, 15) is 4.79 Å². The lowest BCUT2D eigenvalue weighted by Gasteiger charge is -2.04. The highest BCUT2D eigenvalue weighted by molar-refractivity contribution is 5.97. The van der Waals surface area contributed by atoms with Crippen molar-refractivity contribution in [2.75, 3.05) is 12.3 Å². The van der Waals surface area contributed by atoms with Crippen LogP contribution in [0.25, 0.3) is 0 Å². The maximum absolute atomic E-state index is 11.7. The lowest BCUT2D eigenvalue weighted by Crippen LogP contribution is -2.27. The van der Waals surface area contributed by atoms with Gasteiger partial charge in [0.1, 0.15) is 5.69 Å². The number of nitrogens with zero attached hydrogens (tertiary/aromatic N) is 2. The van der Waals surface area contributed by atoms with Crippen LogP contribution in [0.4, 0.5) is 5.69 Å². The van der Waals surface area contributed by atoms with Crippen molar-refractivity contribution in [3.05, 3.63) is 11.9 Å².